The molecule has 1 N–H and O–H groups in total. The van der Waals surface area contributed by atoms with Crippen molar-refractivity contribution in [1.29, 1.82) is 0 Å². The molecule has 0 aliphatic heterocycles. The second-order valence-corrected chi connectivity index (χ2v) is 9.51. The molecule has 0 aliphatic rings. The average molecular weight is 455 g/mol. The number of aryl methyl sites for hydroxylation is 2. The lowest BCUT2D eigenvalue weighted by atomic mass is 10.1. The molecule has 1 atom stereocenters. The summed E-state index contributed by atoms with van der Waals surface area (Å²) in [7, 11) is -3.98. The average Bonchev–Trinajstić information content (AvgIpc) is 2.78. The first-order chi connectivity index (χ1) is 15.2. The van der Waals surface area contributed by atoms with E-state index in [2.05, 4.69) is 5.32 Å². The number of nitrogens with one attached hydrogen (secondary N) is 1. The van der Waals surface area contributed by atoms with Crippen LogP contribution in [-0.2, 0) is 21.2 Å². The molecule has 0 aromatic heterocycles. The Labute approximate surface area is 188 Å². The Morgan fingerprint density at radius 3 is 2.25 bits per heavy atom. The molecule has 1 amide bonds. The van der Waals surface area contributed by atoms with E-state index in [9.17, 15) is 17.6 Å². The SMILES string of the molecule is CCc1ccccc1N(CC(=O)NC(C)c1ccc(F)cc1)S(=O)(=O)c1ccc(C)cc1. The van der Waals surface area contributed by atoms with Gasteiger partial charge in [0.15, 0.2) is 0 Å². The summed E-state index contributed by atoms with van der Waals surface area (Å²) in [5.74, 6) is -0.817. The lowest BCUT2D eigenvalue weighted by Crippen LogP contribution is -2.42. The quantitative estimate of drug-likeness (QED) is 0.533. The van der Waals surface area contributed by atoms with Crippen molar-refractivity contribution in [3.63, 3.8) is 0 Å². The Morgan fingerprint density at radius 1 is 1.00 bits per heavy atom. The van der Waals surface area contributed by atoms with Crippen LogP contribution in [0.1, 0.15) is 36.6 Å². The molecule has 0 saturated carbocycles. The number of halogens is 1. The summed E-state index contributed by atoms with van der Waals surface area (Å²) in [5, 5.41) is 2.82. The van der Waals surface area contributed by atoms with Crippen molar-refractivity contribution in [2.24, 2.45) is 0 Å². The highest BCUT2D eigenvalue weighted by atomic mass is 32.2. The maximum Gasteiger partial charge on any atom is 0.264 e. The van der Waals surface area contributed by atoms with Gasteiger partial charge in [-0.2, -0.15) is 0 Å². The molecule has 3 aromatic carbocycles. The Balaban J connectivity index is 1.93. The fourth-order valence-corrected chi connectivity index (χ4v) is 4.90. The first-order valence-corrected chi connectivity index (χ1v) is 11.9. The van der Waals surface area contributed by atoms with Crippen LogP contribution < -0.4 is 9.62 Å². The summed E-state index contributed by atoms with van der Waals surface area (Å²) < 4.78 is 41.4. The highest BCUT2D eigenvalue weighted by Gasteiger charge is 2.29. The smallest absolute Gasteiger partial charge is 0.264 e. The largest absolute Gasteiger partial charge is 0.348 e. The Morgan fingerprint density at radius 2 is 1.62 bits per heavy atom. The standard InChI is InChI=1S/C25H27FN2O3S/c1-4-20-7-5-6-8-24(20)28(32(30,31)23-15-9-18(2)10-16-23)17-25(29)27-19(3)21-11-13-22(26)14-12-21/h5-16,19H,4,17H2,1-3H3,(H,27,29). The van der Waals surface area contributed by atoms with Gasteiger partial charge in [0, 0.05) is 0 Å². The Kier molecular flexibility index (Phi) is 7.30. The molecule has 3 aromatic rings. The second kappa shape index (κ2) is 9.96. The lowest BCUT2D eigenvalue weighted by Gasteiger charge is -2.27. The molecule has 0 fully saturated rings. The summed E-state index contributed by atoms with van der Waals surface area (Å²) in [6, 6.07) is 19.1. The van der Waals surface area contributed by atoms with Gasteiger partial charge >= 0.3 is 0 Å². The van der Waals surface area contributed by atoms with Crippen LogP contribution in [0.25, 0.3) is 0 Å². The van der Waals surface area contributed by atoms with Crippen molar-refractivity contribution in [2.75, 3.05) is 10.8 Å². The van der Waals surface area contributed by atoms with Gasteiger partial charge in [-0.3, -0.25) is 9.10 Å². The number of carbonyl (C=O) groups excluding carboxylic acids is 1. The van der Waals surface area contributed by atoms with Gasteiger partial charge in [-0.15, -0.1) is 0 Å². The maximum absolute atomic E-state index is 13.5. The van der Waals surface area contributed by atoms with Crippen LogP contribution in [0.5, 0.6) is 0 Å². The predicted molar refractivity (Wildman–Crippen MR) is 124 cm³/mol. The van der Waals surface area contributed by atoms with E-state index in [4.69, 9.17) is 0 Å². The summed E-state index contributed by atoms with van der Waals surface area (Å²) in [6.07, 6.45) is 0.615. The van der Waals surface area contributed by atoms with E-state index in [1.165, 1.54) is 12.1 Å². The number of hydrogen-bond donors (Lipinski definition) is 1. The minimum atomic E-state index is -3.98. The van der Waals surface area contributed by atoms with Crippen LogP contribution in [0.2, 0.25) is 0 Å². The van der Waals surface area contributed by atoms with E-state index in [1.54, 1.807) is 55.5 Å². The van der Waals surface area contributed by atoms with E-state index >= 15 is 0 Å². The second-order valence-electron chi connectivity index (χ2n) is 7.65. The van der Waals surface area contributed by atoms with E-state index in [-0.39, 0.29) is 17.3 Å². The first-order valence-electron chi connectivity index (χ1n) is 10.4. The van der Waals surface area contributed by atoms with Crippen molar-refractivity contribution >= 4 is 21.6 Å². The van der Waals surface area contributed by atoms with Gasteiger partial charge in [0.25, 0.3) is 10.0 Å². The highest BCUT2D eigenvalue weighted by Crippen LogP contribution is 2.28. The van der Waals surface area contributed by atoms with Gasteiger partial charge in [-0.25, -0.2) is 12.8 Å². The van der Waals surface area contributed by atoms with Crippen molar-refractivity contribution in [3.8, 4) is 0 Å². The third-order valence-electron chi connectivity index (χ3n) is 5.28. The minimum Gasteiger partial charge on any atom is -0.348 e. The molecule has 1 unspecified atom stereocenters. The van der Waals surface area contributed by atoms with Gasteiger partial charge in [-0.05, 0) is 61.7 Å². The Hall–Kier alpha value is -3.19. The van der Waals surface area contributed by atoms with Crippen LogP contribution in [0.15, 0.2) is 77.7 Å². The molecule has 0 saturated heterocycles. The predicted octanol–water partition coefficient (Wildman–Crippen LogP) is 4.77. The molecule has 32 heavy (non-hydrogen) atoms. The van der Waals surface area contributed by atoms with Crippen LogP contribution in [0.3, 0.4) is 0 Å². The van der Waals surface area contributed by atoms with Gasteiger partial charge in [0.2, 0.25) is 5.91 Å². The lowest BCUT2D eigenvalue weighted by molar-refractivity contribution is -0.120. The number of amides is 1. The monoisotopic (exact) mass is 454 g/mol. The maximum atomic E-state index is 13.5. The number of para-hydroxylation sites is 1. The van der Waals surface area contributed by atoms with Crippen LogP contribution in [0.4, 0.5) is 10.1 Å². The van der Waals surface area contributed by atoms with E-state index in [1.807, 2.05) is 26.0 Å². The van der Waals surface area contributed by atoms with Crippen molar-refractivity contribution in [1.82, 2.24) is 5.32 Å². The third-order valence-corrected chi connectivity index (χ3v) is 7.06. The summed E-state index contributed by atoms with van der Waals surface area (Å²) in [6.45, 7) is 5.21. The summed E-state index contributed by atoms with van der Waals surface area (Å²) in [4.78, 5) is 13.0. The number of benzene rings is 3. The zero-order valence-electron chi connectivity index (χ0n) is 18.4. The van der Waals surface area contributed by atoms with E-state index in [0.717, 1.165) is 21.0 Å². The minimum absolute atomic E-state index is 0.119. The Bertz CT molecular complexity index is 1180. The van der Waals surface area contributed by atoms with Crippen molar-refractivity contribution < 1.29 is 17.6 Å². The zero-order chi connectivity index (χ0) is 23.3. The highest BCUT2D eigenvalue weighted by molar-refractivity contribution is 7.92. The van der Waals surface area contributed by atoms with Crippen LogP contribution in [0, 0.1) is 12.7 Å². The summed E-state index contributed by atoms with van der Waals surface area (Å²) >= 11 is 0. The first kappa shape index (κ1) is 23.5. The van der Waals surface area contributed by atoms with Crippen molar-refractivity contribution in [2.45, 2.75) is 38.1 Å². The number of anilines is 1. The van der Waals surface area contributed by atoms with Gasteiger partial charge in [-0.1, -0.05) is 55.0 Å². The number of carbonyl (C=O) groups is 1. The molecule has 168 valence electrons. The van der Waals surface area contributed by atoms with Gasteiger partial charge < -0.3 is 5.32 Å². The third kappa shape index (κ3) is 5.34. The fraction of sp³-hybridized carbons (Fsp3) is 0.240. The number of rotatable bonds is 8. The normalized spacial score (nSPS) is 12.2. The van der Waals surface area contributed by atoms with Crippen molar-refractivity contribution in [3.05, 3.63) is 95.3 Å². The molecular weight excluding hydrogens is 427 g/mol. The van der Waals surface area contributed by atoms with E-state index in [0.29, 0.717) is 12.1 Å². The van der Waals surface area contributed by atoms with Crippen LogP contribution in [-0.4, -0.2) is 20.9 Å². The number of hydrogen-bond acceptors (Lipinski definition) is 3. The molecule has 7 heteroatoms. The molecule has 5 nitrogen and oxygen atoms in total. The van der Waals surface area contributed by atoms with Gasteiger partial charge in [0.05, 0.1) is 16.6 Å². The molecule has 0 heterocycles. The molecule has 0 bridgehead atoms. The van der Waals surface area contributed by atoms with Crippen LogP contribution >= 0.6 is 0 Å². The molecule has 0 radical (unpaired) electrons. The molecule has 0 spiro atoms. The fourth-order valence-electron chi connectivity index (χ4n) is 3.44. The van der Waals surface area contributed by atoms with E-state index < -0.39 is 22.0 Å². The number of nitrogens with zero attached hydrogens (tertiary/aromatic N) is 1. The molecule has 3 rings (SSSR count). The molecular formula is C25H27FN2O3S. The zero-order valence-corrected chi connectivity index (χ0v) is 19.2. The topological polar surface area (TPSA) is 66.5 Å². The summed E-state index contributed by atoms with van der Waals surface area (Å²) in [5.41, 5.74) is 2.96. The van der Waals surface area contributed by atoms with Gasteiger partial charge in [0.1, 0.15) is 12.4 Å². The molecule has 0 aliphatic carbocycles. The number of sulfonamides is 1.